The topological polar surface area (TPSA) is 108 Å². The normalized spacial score (nSPS) is 24.6. The molecule has 1 fully saturated rings. The molecule has 2 aromatic rings. The fourth-order valence-electron chi connectivity index (χ4n) is 3.38. The third kappa shape index (κ3) is 4.70. The van der Waals surface area contributed by atoms with Crippen LogP contribution in [0.2, 0.25) is 0 Å². The Balaban J connectivity index is 0.00000210. The molecule has 1 aromatic heterocycles. The molecule has 1 aromatic carbocycles. The van der Waals surface area contributed by atoms with Gasteiger partial charge in [0.25, 0.3) is 5.89 Å². The molecule has 4 rings (SSSR count). The van der Waals surface area contributed by atoms with Crippen molar-refractivity contribution < 1.29 is 14.0 Å². The minimum absolute atomic E-state index is 0. The molecule has 146 valence electrons. The lowest BCUT2D eigenvalue weighted by Gasteiger charge is -2.27. The van der Waals surface area contributed by atoms with Crippen molar-refractivity contribution in [2.45, 2.75) is 44.4 Å². The summed E-state index contributed by atoms with van der Waals surface area (Å²) in [5.41, 5.74) is 7.20. The maximum atomic E-state index is 6.09. The number of aryl methyl sites for hydroxylation is 1. The molecular formula is C18H24IN5O3. The second-order valence-electron chi connectivity index (χ2n) is 6.60. The predicted molar refractivity (Wildman–Crippen MR) is 110 cm³/mol. The van der Waals surface area contributed by atoms with Crippen LogP contribution in [-0.4, -0.2) is 35.4 Å². The number of fused-ring (bicyclic) bond motifs is 1. The van der Waals surface area contributed by atoms with E-state index in [9.17, 15) is 0 Å². The highest BCUT2D eigenvalue weighted by molar-refractivity contribution is 14.0. The van der Waals surface area contributed by atoms with Crippen LogP contribution >= 0.6 is 24.0 Å². The summed E-state index contributed by atoms with van der Waals surface area (Å²) >= 11 is 0. The van der Waals surface area contributed by atoms with Crippen LogP contribution < -0.4 is 15.8 Å². The number of aliphatic imine (C=N–C) groups is 1. The monoisotopic (exact) mass is 485 g/mol. The highest BCUT2D eigenvalue weighted by Crippen LogP contribution is 2.32. The molecule has 3 atom stereocenters. The molecule has 2 aliphatic heterocycles. The van der Waals surface area contributed by atoms with Crippen LogP contribution in [0.5, 0.6) is 5.75 Å². The van der Waals surface area contributed by atoms with E-state index in [0.29, 0.717) is 30.8 Å². The molecule has 0 spiro atoms. The summed E-state index contributed by atoms with van der Waals surface area (Å²) in [6.07, 6.45) is 2.46. The molecule has 0 amide bonds. The van der Waals surface area contributed by atoms with Gasteiger partial charge in [-0.2, -0.15) is 4.98 Å². The van der Waals surface area contributed by atoms with Gasteiger partial charge in [-0.15, -0.1) is 24.0 Å². The fourth-order valence-corrected chi connectivity index (χ4v) is 3.38. The maximum absolute atomic E-state index is 6.09. The van der Waals surface area contributed by atoms with Crippen LogP contribution in [0.15, 0.2) is 33.8 Å². The number of guanidine groups is 1. The number of nitrogens with one attached hydrogen (secondary N) is 1. The minimum atomic E-state index is -0.145. The standard InChI is InChI=1S/C18H23N5O3.HI/c1-11-21-17(26-23-11)16-7-6-12(25-16)10-20-18(19)22-14-8-9-24-15-5-3-2-4-13(14)15;/h2-5,12,14,16H,6-10H2,1H3,(H3,19,20,22);1H/t12-,14?,16+;/m1./s1. The first-order valence-corrected chi connectivity index (χ1v) is 8.93. The lowest BCUT2D eigenvalue weighted by Crippen LogP contribution is -2.37. The number of ether oxygens (including phenoxy) is 2. The van der Waals surface area contributed by atoms with Gasteiger partial charge >= 0.3 is 0 Å². The molecule has 1 unspecified atom stereocenters. The van der Waals surface area contributed by atoms with Gasteiger partial charge in [0.05, 0.1) is 25.3 Å². The second kappa shape index (κ2) is 8.87. The number of hydrogen-bond donors (Lipinski definition) is 2. The average Bonchev–Trinajstić information content (AvgIpc) is 3.29. The van der Waals surface area contributed by atoms with Crippen LogP contribution in [0.4, 0.5) is 0 Å². The van der Waals surface area contributed by atoms with Crippen LogP contribution in [0.3, 0.4) is 0 Å². The molecule has 0 saturated carbocycles. The van der Waals surface area contributed by atoms with E-state index in [-0.39, 0.29) is 42.2 Å². The van der Waals surface area contributed by atoms with Crippen molar-refractivity contribution in [3.63, 3.8) is 0 Å². The van der Waals surface area contributed by atoms with Gasteiger partial charge in [0, 0.05) is 12.0 Å². The van der Waals surface area contributed by atoms with Crippen molar-refractivity contribution in [1.82, 2.24) is 15.5 Å². The molecule has 3 heterocycles. The molecule has 0 bridgehead atoms. The number of nitrogens with zero attached hydrogens (tertiary/aromatic N) is 3. The van der Waals surface area contributed by atoms with E-state index in [1.54, 1.807) is 6.92 Å². The van der Waals surface area contributed by atoms with E-state index in [1.807, 2.05) is 18.2 Å². The van der Waals surface area contributed by atoms with E-state index in [2.05, 4.69) is 26.5 Å². The molecule has 3 N–H and O–H groups in total. The van der Waals surface area contributed by atoms with Crippen molar-refractivity contribution in [3.05, 3.63) is 41.5 Å². The van der Waals surface area contributed by atoms with E-state index >= 15 is 0 Å². The summed E-state index contributed by atoms with van der Waals surface area (Å²) in [7, 11) is 0. The van der Waals surface area contributed by atoms with Crippen LogP contribution in [0, 0.1) is 6.92 Å². The van der Waals surface area contributed by atoms with Crippen molar-refractivity contribution >= 4 is 29.9 Å². The first kappa shape index (κ1) is 19.9. The van der Waals surface area contributed by atoms with Gasteiger partial charge in [0.1, 0.15) is 11.9 Å². The fraction of sp³-hybridized carbons (Fsp3) is 0.500. The lowest BCUT2D eigenvalue weighted by molar-refractivity contribution is 0.0309. The summed E-state index contributed by atoms with van der Waals surface area (Å²) in [6.45, 7) is 2.97. The average molecular weight is 485 g/mol. The Morgan fingerprint density at radius 2 is 2.15 bits per heavy atom. The third-order valence-corrected chi connectivity index (χ3v) is 4.67. The van der Waals surface area contributed by atoms with Crippen LogP contribution in [0.25, 0.3) is 0 Å². The Bertz CT molecular complexity index is 797. The number of hydrogen-bond acceptors (Lipinski definition) is 6. The van der Waals surface area contributed by atoms with Crippen molar-refractivity contribution in [3.8, 4) is 5.75 Å². The summed E-state index contributed by atoms with van der Waals surface area (Å²) in [4.78, 5) is 8.69. The van der Waals surface area contributed by atoms with Crippen molar-refractivity contribution in [2.75, 3.05) is 13.2 Å². The summed E-state index contributed by atoms with van der Waals surface area (Å²) in [5, 5.41) is 7.11. The lowest BCUT2D eigenvalue weighted by atomic mass is 10.0. The van der Waals surface area contributed by atoms with Gasteiger partial charge in [0.15, 0.2) is 11.8 Å². The second-order valence-corrected chi connectivity index (χ2v) is 6.60. The first-order valence-electron chi connectivity index (χ1n) is 8.93. The van der Waals surface area contributed by atoms with Gasteiger partial charge in [0.2, 0.25) is 0 Å². The van der Waals surface area contributed by atoms with Crippen molar-refractivity contribution in [1.29, 1.82) is 0 Å². The number of nitrogens with two attached hydrogens (primary N) is 1. The maximum Gasteiger partial charge on any atom is 0.255 e. The van der Waals surface area contributed by atoms with E-state index < -0.39 is 0 Å². The number of para-hydroxylation sites is 1. The van der Waals surface area contributed by atoms with Crippen LogP contribution in [0.1, 0.15) is 48.7 Å². The molecule has 2 aliphatic rings. The highest BCUT2D eigenvalue weighted by atomic mass is 127. The summed E-state index contributed by atoms with van der Waals surface area (Å²) in [6, 6.07) is 8.11. The van der Waals surface area contributed by atoms with E-state index in [0.717, 1.165) is 30.6 Å². The largest absolute Gasteiger partial charge is 0.493 e. The smallest absolute Gasteiger partial charge is 0.255 e. The zero-order valence-corrected chi connectivity index (χ0v) is 17.5. The molecule has 1 saturated heterocycles. The SMILES string of the molecule is Cc1noc([C@@H]2CC[C@H](CN=C(N)NC3CCOc4ccccc43)O2)n1.I. The van der Waals surface area contributed by atoms with Crippen molar-refractivity contribution in [2.24, 2.45) is 10.7 Å². The Labute approximate surface area is 174 Å². The van der Waals surface area contributed by atoms with E-state index in [4.69, 9.17) is 19.7 Å². The Hall–Kier alpha value is -1.88. The van der Waals surface area contributed by atoms with Crippen LogP contribution in [-0.2, 0) is 4.74 Å². The molecular weight excluding hydrogens is 461 g/mol. The zero-order chi connectivity index (χ0) is 17.9. The number of rotatable bonds is 4. The molecule has 27 heavy (non-hydrogen) atoms. The molecule has 9 heteroatoms. The van der Waals surface area contributed by atoms with Gasteiger partial charge in [-0.05, 0) is 25.8 Å². The number of halogens is 1. The molecule has 8 nitrogen and oxygen atoms in total. The molecule has 0 aliphatic carbocycles. The first-order chi connectivity index (χ1) is 12.7. The Kier molecular flexibility index (Phi) is 6.53. The summed E-state index contributed by atoms with van der Waals surface area (Å²) in [5.74, 6) is 2.49. The van der Waals surface area contributed by atoms with Gasteiger partial charge < -0.3 is 25.0 Å². The third-order valence-electron chi connectivity index (χ3n) is 4.67. The number of aromatic nitrogens is 2. The van der Waals surface area contributed by atoms with Gasteiger partial charge in [-0.3, -0.25) is 4.99 Å². The number of benzene rings is 1. The Morgan fingerprint density at radius 1 is 1.30 bits per heavy atom. The highest BCUT2D eigenvalue weighted by Gasteiger charge is 2.30. The summed E-state index contributed by atoms with van der Waals surface area (Å²) < 4.78 is 16.8. The quantitative estimate of drug-likeness (QED) is 0.390. The zero-order valence-electron chi connectivity index (χ0n) is 15.1. The van der Waals surface area contributed by atoms with E-state index in [1.165, 1.54) is 0 Å². The molecule has 0 radical (unpaired) electrons. The predicted octanol–water partition coefficient (Wildman–Crippen LogP) is 2.64. The van der Waals surface area contributed by atoms with Gasteiger partial charge in [-0.25, -0.2) is 0 Å². The Morgan fingerprint density at radius 3 is 2.96 bits per heavy atom. The minimum Gasteiger partial charge on any atom is -0.493 e. The van der Waals surface area contributed by atoms with Gasteiger partial charge in [-0.1, -0.05) is 23.4 Å².